The highest BCUT2D eigenvalue weighted by Gasteiger charge is 2.27. The minimum absolute atomic E-state index is 0.0290. The van der Waals surface area contributed by atoms with Gasteiger partial charge in [0.15, 0.2) is 5.13 Å². The topological polar surface area (TPSA) is 71.2 Å². The number of nitrogens with zero attached hydrogens (tertiary/aromatic N) is 2. The van der Waals surface area contributed by atoms with Crippen LogP contribution < -0.4 is 11.1 Å². The highest BCUT2D eigenvalue weighted by atomic mass is 32.1. The summed E-state index contributed by atoms with van der Waals surface area (Å²) < 4.78 is 0. The maximum Gasteiger partial charge on any atom is 0.268 e. The zero-order valence-electron chi connectivity index (χ0n) is 13.4. The largest absolute Gasteiger partial charge is 0.382 e. The van der Waals surface area contributed by atoms with Crippen LogP contribution in [0.1, 0.15) is 63.0 Å². The highest BCUT2D eigenvalue weighted by Crippen LogP contribution is 2.30. The third-order valence-corrected chi connectivity index (χ3v) is 4.62. The number of carbonyl (C=O) groups is 1. The van der Waals surface area contributed by atoms with Crippen LogP contribution in [0.4, 0.5) is 10.9 Å². The smallest absolute Gasteiger partial charge is 0.268 e. The van der Waals surface area contributed by atoms with Crippen LogP contribution in [0.25, 0.3) is 0 Å². The Hall–Kier alpha value is -1.30. The first-order chi connectivity index (χ1) is 9.78. The summed E-state index contributed by atoms with van der Waals surface area (Å²) in [6.07, 6.45) is 4.53. The van der Waals surface area contributed by atoms with Crippen molar-refractivity contribution in [2.24, 2.45) is 0 Å². The SMILES string of the molecule is CC1CCCCCN1C(=O)c1sc(NC(C)(C)C)nc1N. The van der Waals surface area contributed by atoms with E-state index in [4.69, 9.17) is 5.73 Å². The number of likely N-dealkylation sites (tertiary alicyclic amines) is 1. The second-order valence-corrected chi connectivity index (χ2v) is 7.80. The molecule has 0 bridgehead atoms. The lowest BCUT2D eigenvalue weighted by Crippen LogP contribution is -2.38. The lowest BCUT2D eigenvalue weighted by molar-refractivity contribution is 0.0703. The Kier molecular flexibility index (Phi) is 4.76. The average Bonchev–Trinajstić information content (AvgIpc) is 2.57. The van der Waals surface area contributed by atoms with Gasteiger partial charge in [-0.15, -0.1) is 0 Å². The van der Waals surface area contributed by atoms with Crippen molar-refractivity contribution >= 4 is 28.2 Å². The second-order valence-electron chi connectivity index (χ2n) is 6.81. The van der Waals surface area contributed by atoms with Gasteiger partial charge in [0.05, 0.1) is 0 Å². The summed E-state index contributed by atoms with van der Waals surface area (Å²) >= 11 is 1.36. The van der Waals surface area contributed by atoms with Gasteiger partial charge >= 0.3 is 0 Å². The molecule has 5 nitrogen and oxygen atoms in total. The number of carbonyl (C=O) groups excluding carboxylic acids is 1. The number of thiazole rings is 1. The quantitative estimate of drug-likeness (QED) is 0.879. The molecular formula is C15H26N4OS. The van der Waals surface area contributed by atoms with Crippen LogP contribution in [0, 0.1) is 0 Å². The maximum atomic E-state index is 12.8. The predicted molar refractivity (Wildman–Crippen MR) is 88.9 cm³/mol. The summed E-state index contributed by atoms with van der Waals surface area (Å²) in [4.78, 5) is 19.6. The molecule has 1 aliphatic rings. The van der Waals surface area contributed by atoms with Crippen LogP contribution >= 0.6 is 11.3 Å². The van der Waals surface area contributed by atoms with Gasteiger partial charge in [-0.3, -0.25) is 4.79 Å². The molecule has 1 aliphatic heterocycles. The third-order valence-electron chi connectivity index (χ3n) is 3.64. The van der Waals surface area contributed by atoms with E-state index in [1.165, 1.54) is 24.2 Å². The molecule has 0 saturated carbocycles. The standard InChI is InChI=1S/C15H26N4OS/c1-10-8-6-5-7-9-19(10)13(20)11-12(16)17-14(21-11)18-15(2,3)4/h10H,5-9,16H2,1-4H3,(H,17,18). The van der Waals surface area contributed by atoms with E-state index in [1.807, 2.05) is 4.90 Å². The molecule has 1 amide bonds. The number of anilines is 2. The average molecular weight is 310 g/mol. The minimum Gasteiger partial charge on any atom is -0.382 e. The van der Waals surface area contributed by atoms with E-state index in [-0.39, 0.29) is 17.5 Å². The van der Waals surface area contributed by atoms with Crippen LogP contribution in [-0.4, -0.2) is 33.9 Å². The Morgan fingerprint density at radius 2 is 2.10 bits per heavy atom. The molecule has 3 N–H and O–H groups in total. The summed E-state index contributed by atoms with van der Waals surface area (Å²) in [6.45, 7) is 9.11. The van der Waals surface area contributed by atoms with Crippen molar-refractivity contribution in [1.82, 2.24) is 9.88 Å². The molecule has 118 valence electrons. The van der Waals surface area contributed by atoms with Crippen LogP contribution in [0.15, 0.2) is 0 Å². The number of nitrogen functional groups attached to an aromatic ring is 1. The van der Waals surface area contributed by atoms with Gasteiger partial charge in [-0.25, -0.2) is 4.98 Å². The van der Waals surface area contributed by atoms with E-state index in [0.29, 0.717) is 15.8 Å². The molecule has 6 heteroatoms. The number of aromatic nitrogens is 1. The number of amides is 1. The monoisotopic (exact) mass is 310 g/mol. The molecule has 0 aromatic carbocycles. The Balaban J connectivity index is 2.18. The molecule has 1 aromatic heterocycles. The summed E-state index contributed by atoms with van der Waals surface area (Å²) in [5, 5.41) is 3.99. The maximum absolute atomic E-state index is 12.8. The number of nitrogens with one attached hydrogen (secondary N) is 1. The molecule has 1 unspecified atom stereocenters. The Bertz CT molecular complexity index is 506. The lowest BCUT2D eigenvalue weighted by Gasteiger charge is -2.26. The van der Waals surface area contributed by atoms with Gasteiger partial charge in [0, 0.05) is 18.1 Å². The zero-order valence-corrected chi connectivity index (χ0v) is 14.2. The first kappa shape index (κ1) is 16.1. The Morgan fingerprint density at radius 1 is 1.38 bits per heavy atom. The lowest BCUT2D eigenvalue weighted by atomic mass is 10.1. The van der Waals surface area contributed by atoms with Crippen molar-refractivity contribution in [3.05, 3.63) is 4.88 Å². The molecular weight excluding hydrogens is 284 g/mol. The molecule has 2 rings (SSSR count). The minimum atomic E-state index is -0.0967. The molecule has 1 saturated heterocycles. The fourth-order valence-corrected chi connectivity index (χ4v) is 3.62. The molecule has 1 atom stereocenters. The van der Waals surface area contributed by atoms with Crippen molar-refractivity contribution < 1.29 is 4.79 Å². The van der Waals surface area contributed by atoms with Crippen LogP contribution in [0.3, 0.4) is 0 Å². The van der Waals surface area contributed by atoms with E-state index in [2.05, 4.69) is 38.0 Å². The van der Waals surface area contributed by atoms with Gasteiger partial charge in [0.1, 0.15) is 10.7 Å². The summed E-state index contributed by atoms with van der Waals surface area (Å²) in [5.41, 5.74) is 5.87. The van der Waals surface area contributed by atoms with Crippen LogP contribution in [0.5, 0.6) is 0 Å². The number of hydrogen-bond donors (Lipinski definition) is 2. The van der Waals surface area contributed by atoms with E-state index in [9.17, 15) is 4.79 Å². The number of hydrogen-bond acceptors (Lipinski definition) is 5. The number of nitrogens with two attached hydrogens (primary N) is 1. The van der Waals surface area contributed by atoms with E-state index >= 15 is 0 Å². The van der Waals surface area contributed by atoms with Gasteiger partial charge in [-0.1, -0.05) is 24.2 Å². The fourth-order valence-electron chi connectivity index (χ4n) is 2.57. The molecule has 1 fully saturated rings. The fraction of sp³-hybridized carbons (Fsp3) is 0.733. The van der Waals surface area contributed by atoms with E-state index in [1.54, 1.807) is 0 Å². The molecule has 21 heavy (non-hydrogen) atoms. The van der Waals surface area contributed by atoms with E-state index in [0.717, 1.165) is 19.4 Å². The van der Waals surface area contributed by atoms with Crippen molar-refractivity contribution in [3.63, 3.8) is 0 Å². The van der Waals surface area contributed by atoms with Crippen molar-refractivity contribution in [2.45, 2.75) is 65.0 Å². The molecule has 1 aromatic rings. The number of rotatable bonds is 2. The van der Waals surface area contributed by atoms with Crippen molar-refractivity contribution in [3.8, 4) is 0 Å². The Morgan fingerprint density at radius 3 is 2.76 bits per heavy atom. The molecule has 2 heterocycles. The predicted octanol–water partition coefficient (Wildman–Crippen LogP) is 3.34. The van der Waals surface area contributed by atoms with Gasteiger partial charge in [0.2, 0.25) is 0 Å². The van der Waals surface area contributed by atoms with Crippen LogP contribution in [0.2, 0.25) is 0 Å². The highest BCUT2D eigenvalue weighted by molar-refractivity contribution is 7.18. The van der Waals surface area contributed by atoms with Crippen LogP contribution in [-0.2, 0) is 0 Å². The first-order valence-electron chi connectivity index (χ1n) is 7.63. The van der Waals surface area contributed by atoms with Gasteiger partial charge < -0.3 is 16.0 Å². The van der Waals surface area contributed by atoms with E-state index < -0.39 is 0 Å². The summed E-state index contributed by atoms with van der Waals surface area (Å²) in [7, 11) is 0. The third kappa shape index (κ3) is 4.09. The molecule has 0 spiro atoms. The normalized spacial score (nSPS) is 20.2. The molecule has 0 aliphatic carbocycles. The zero-order chi connectivity index (χ0) is 15.6. The molecule has 0 radical (unpaired) electrons. The van der Waals surface area contributed by atoms with Gasteiger partial charge in [-0.2, -0.15) is 0 Å². The van der Waals surface area contributed by atoms with Crippen molar-refractivity contribution in [2.75, 3.05) is 17.6 Å². The second kappa shape index (κ2) is 6.22. The summed E-state index contributed by atoms with van der Waals surface area (Å²) in [5.74, 6) is 0.370. The summed E-state index contributed by atoms with van der Waals surface area (Å²) in [6, 6.07) is 0.278. The van der Waals surface area contributed by atoms with Gasteiger partial charge in [-0.05, 0) is 40.5 Å². The van der Waals surface area contributed by atoms with Gasteiger partial charge in [0.25, 0.3) is 5.91 Å². The van der Waals surface area contributed by atoms with Crippen molar-refractivity contribution in [1.29, 1.82) is 0 Å². The first-order valence-corrected chi connectivity index (χ1v) is 8.45. The Labute approximate surface area is 130 Å².